The van der Waals surface area contributed by atoms with Crippen molar-refractivity contribution in [3.05, 3.63) is 70.8 Å². The molecule has 0 aliphatic heterocycles. The van der Waals surface area contributed by atoms with Crippen molar-refractivity contribution in [2.24, 2.45) is 0 Å². The Morgan fingerprint density at radius 1 is 0.818 bits per heavy atom. The van der Waals surface area contributed by atoms with Crippen LogP contribution in [0.3, 0.4) is 0 Å². The van der Waals surface area contributed by atoms with Gasteiger partial charge in [0.25, 0.3) is 0 Å². The lowest BCUT2D eigenvalue weighted by molar-refractivity contribution is 0.686. The summed E-state index contributed by atoms with van der Waals surface area (Å²) in [4.78, 5) is 0. The lowest BCUT2D eigenvalue weighted by atomic mass is 9.86. The van der Waals surface area contributed by atoms with E-state index in [1.54, 1.807) is 0 Å². The standard InChI is InChI=1S/C11H13N.C9H9N/c1-9-4-6-10(7-5-9)11(2,3)8-12;1-8-2-4-9(5-3-8)6-7-10/h4-7H,1-3H3;2-5H,6H2,1H3. The first kappa shape index (κ1) is 17.5. The summed E-state index contributed by atoms with van der Waals surface area (Å²) in [7, 11) is 0. The number of hydrogen-bond donors (Lipinski definition) is 0. The molecule has 0 N–H and O–H groups in total. The SMILES string of the molecule is Cc1ccc(C(C)(C)C#N)cc1.Cc1ccc(CC#N)cc1. The van der Waals surface area contributed by atoms with Crippen LogP contribution in [0.4, 0.5) is 0 Å². The average Bonchev–Trinajstić information content (AvgIpc) is 2.51. The molecule has 0 aliphatic rings. The molecule has 0 bridgehead atoms. The first-order valence-electron chi connectivity index (χ1n) is 7.30. The Kier molecular flexibility index (Phi) is 6.36. The van der Waals surface area contributed by atoms with Gasteiger partial charge in [-0.3, -0.25) is 0 Å². The van der Waals surface area contributed by atoms with Gasteiger partial charge in [0.15, 0.2) is 0 Å². The van der Waals surface area contributed by atoms with E-state index in [2.05, 4.69) is 12.1 Å². The minimum atomic E-state index is -0.367. The van der Waals surface area contributed by atoms with Crippen LogP contribution in [0.15, 0.2) is 48.5 Å². The van der Waals surface area contributed by atoms with E-state index in [-0.39, 0.29) is 5.41 Å². The summed E-state index contributed by atoms with van der Waals surface area (Å²) in [6.07, 6.45) is 0.514. The van der Waals surface area contributed by atoms with Gasteiger partial charge >= 0.3 is 0 Å². The molecule has 0 unspecified atom stereocenters. The van der Waals surface area contributed by atoms with E-state index < -0.39 is 0 Å². The Bertz CT molecular complexity index is 666. The van der Waals surface area contributed by atoms with Crippen molar-refractivity contribution in [2.75, 3.05) is 0 Å². The third-order valence-electron chi connectivity index (χ3n) is 3.46. The van der Waals surface area contributed by atoms with Gasteiger partial charge in [0.05, 0.1) is 24.0 Å². The third-order valence-corrected chi connectivity index (χ3v) is 3.46. The highest BCUT2D eigenvalue weighted by atomic mass is 14.3. The Labute approximate surface area is 133 Å². The lowest BCUT2D eigenvalue weighted by Gasteiger charge is -2.15. The van der Waals surface area contributed by atoms with Gasteiger partial charge in [0, 0.05) is 0 Å². The van der Waals surface area contributed by atoms with Crippen LogP contribution in [0.1, 0.15) is 36.1 Å². The Balaban J connectivity index is 0.000000224. The van der Waals surface area contributed by atoms with E-state index in [1.807, 2.05) is 76.2 Å². The predicted molar refractivity (Wildman–Crippen MR) is 90.3 cm³/mol. The molecule has 2 heteroatoms. The lowest BCUT2D eigenvalue weighted by Crippen LogP contribution is -2.13. The number of rotatable bonds is 2. The summed E-state index contributed by atoms with van der Waals surface area (Å²) < 4.78 is 0. The van der Waals surface area contributed by atoms with Crippen LogP contribution < -0.4 is 0 Å². The first-order chi connectivity index (χ1) is 10.4. The van der Waals surface area contributed by atoms with Crippen molar-refractivity contribution in [3.8, 4) is 12.1 Å². The van der Waals surface area contributed by atoms with Gasteiger partial charge in [-0.2, -0.15) is 10.5 Å². The van der Waals surface area contributed by atoms with Gasteiger partial charge in [-0.1, -0.05) is 59.7 Å². The minimum Gasteiger partial charge on any atom is -0.198 e. The maximum Gasteiger partial charge on any atom is 0.0766 e. The van der Waals surface area contributed by atoms with E-state index in [4.69, 9.17) is 10.5 Å². The van der Waals surface area contributed by atoms with Crippen LogP contribution in [-0.2, 0) is 11.8 Å². The first-order valence-corrected chi connectivity index (χ1v) is 7.30. The quantitative estimate of drug-likeness (QED) is 0.793. The van der Waals surface area contributed by atoms with Gasteiger partial charge in [0.2, 0.25) is 0 Å². The zero-order valence-corrected chi connectivity index (χ0v) is 13.7. The van der Waals surface area contributed by atoms with E-state index in [9.17, 15) is 0 Å². The van der Waals surface area contributed by atoms with E-state index >= 15 is 0 Å². The zero-order valence-electron chi connectivity index (χ0n) is 13.7. The number of benzene rings is 2. The van der Waals surface area contributed by atoms with Crippen LogP contribution in [0, 0.1) is 36.5 Å². The highest BCUT2D eigenvalue weighted by molar-refractivity contribution is 5.32. The topological polar surface area (TPSA) is 47.6 Å². The van der Waals surface area contributed by atoms with Crippen molar-refractivity contribution < 1.29 is 0 Å². The van der Waals surface area contributed by atoms with Gasteiger partial charge in [-0.05, 0) is 38.8 Å². The number of nitrogens with zero attached hydrogens (tertiary/aromatic N) is 2. The highest BCUT2D eigenvalue weighted by Crippen LogP contribution is 2.21. The van der Waals surface area contributed by atoms with Crippen molar-refractivity contribution in [2.45, 2.75) is 39.5 Å². The van der Waals surface area contributed by atoms with E-state index in [0.717, 1.165) is 11.1 Å². The maximum atomic E-state index is 8.87. The highest BCUT2D eigenvalue weighted by Gasteiger charge is 2.18. The molecule has 0 radical (unpaired) electrons. The summed E-state index contributed by atoms with van der Waals surface area (Å²) in [5.41, 5.74) is 4.27. The molecule has 0 amide bonds. The fourth-order valence-electron chi connectivity index (χ4n) is 1.83. The van der Waals surface area contributed by atoms with Crippen molar-refractivity contribution in [1.82, 2.24) is 0 Å². The molecule has 2 rings (SSSR count). The van der Waals surface area contributed by atoms with Gasteiger partial charge < -0.3 is 0 Å². The molecule has 2 nitrogen and oxygen atoms in total. The van der Waals surface area contributed by atoms with E-state index in [0.29, 0.717) is 6.42 Å². The summed E-state index contributed by atoms with van der Waals surface area (Å²) >= 11 is 0. The molecule has 0 aliphatic carbocycles. The van der Waals surface area contributed by atoms with Crippen LogP contribution in [0.5, 0.6) is 0 Å². The van der Waals surface area contributed by atoms with Crippen LogP contribution in [0.2, 0.25) is 0 Å². The molecule has 0 atom stereocenters. The fourth-order valence-corrected chi connectivity index (χ4v) is 1.83. The second-order valence-corrected chi connectivity index (χ2v) is 5.92. The molecule has 0 aromatic heterocycles. The molecule has 2 aromatic carbocycles. The summed E-state index contributed by atoms with van der Waals surface area (Å²) in [5, 5.41) is 17.2. The molecular weight excluding hydrogens is 268 g/mol. The summed E-state index contributed by atoms with van der Waals surface area (Å²) in [6.45, 7) is 7.94. The largest absolute Gasteiger partial charge is 0.198 e. The minimum absolute atomic E-state index is 0.367. The molecular formula is C20H22N2. The van der Waals surface area contributed by atoms with Crippen LogP contribution in [0.25, 0.3) is 0 Å². The summed E-state index contributed by atoms with van der Waals surface area (Å²) in [6, 6.07) is 20.5. The third kappa shape index (κ3) is 5.43. The summed E-state index contributed by atoms with van der Waals surface area (Å²) in [5.74, 6) is 0. The number of hydrogen-bond acceptors (Lipinski definition) is 2. The molecule has 0 saturated carbocycles. The molecule has 0 fully saturated rings. The van der Waals surface area contributed by atoms with Gasteiger partial charge in [-0.15, -0.1) is 0 Å². The monoisotopic (exact) mass is 290 g/mol. The van der Waals surface area contributed by atoms with Crippen molar-refractivity contribution in [3.63, 3.8) is 0 Å². The van der Waals surface area contributed by atoms with Crippen LogP contribution in [-0.4, -0.2) is 0 Å². The molecule has 0 spiro atoms. The predicted octanol–water partition coefficient (Wildman–Crippen LogP) is 4.86. The van der Waals surface area contributed by atoms with Crippen LogP contribution >= 0.6 is 0 Å². The van der Waals surface area contributed by atoms with Gasteiger partial charge in [-0.25, -0.2) is 0 Å². The second kappa shape index (κ2) is 8.01. The second-order valence-electron chi connectivity index (χ2n) is 5.92. The molecule has 2 aromatic rings. The molecule has 112 valence electrons. The molecule has 0 heterocycles. The normalized spacial score (nSPS) is 9.91. The number of aryl methyl sites for hydroxylation is 2. The van der Waals surface area contributed by atoms with E-state index in [1.165, 1.54) is 11.1 Å². The Morgan fingerprint density at radius 2 is 1.27 bits per heavy atom. The fraction of sp³-hybridized carbons (Fsp3) is 0.300. The maximum absolute atomic E-state index is 8.87. The van der Waals surface area contributed by atoms with Crippen molar-refractivity contribution >= 4 is 0 Å². The zero-order chi connectivity index (χ0) is 16.6. The van der Waals surface area contributed by atoms with Gasteiger partial charge in [0.1, 0.15) is 0 Å². The average molecular weight is 290 g/mol. The Morgan fingerprint density at radius 3 is 1.68 bits per heavy atom. The number of nitriles is 2. The Hall–Kier alpha value is -2.58. The smallest absolute Gasteiger partial charge is 0.0766 e. The van der Waals surface area contributed by atoms with Crippen molar-refractivity contribution in [1.29, 1.82) is 10.5 Å². The molecule has 0 saturated heterocycles. The molecule has 22 heavy (non-hydrogen) atoms.